The highest BCUT2D eigenvalue weighted by molar-refractivity contribution is 6.07. The van der Waals surface area contributed by atoms with Gasteiger partial charge in [-0.1, -0.05) is 12.1 Å². The van der Waals surface area contributed by atoms with Crippen LogP contribution in [0.5, 0.6) is 5.75 Å². The standard InChI is InChI=1S/C17H15N3O4/c1-10-14(20-9-5-8-13(24-2)15(20)18-10)16(21)19-12-7-4-3-6-11(12)17(22)23/h3-9H,1-2H3,(H,19,21)(H,22,23). The first kappa shape index (κ1) is 15.5. The summed E-state index contributed by atoms with van der Waals surface area (Å²) in [6.45, 7) is 1.71. The van der Waals surface area contributed by atoms with E-state index in [1.165, 1.54) is 13.2 Å². The van der Waals surface area contributed by atoms with Crippen molar-refractivity contribution in [2.24, 2.45) is 0 Å². The summed E-state index contributed by atoms with van der Waals surface area (Å²) in [6.07, 6.45) is 1.70. The smallest absolute Gasteiger partial charge is 0.337 e. The van der Waals surface area contributed by atoms with Crippen LogP contribution in [0.25, 0.3) is 5.65 Å². The van der Waals surface area contributed by atoms with Crippen LogP contribution in [0.2, 0.25) is 0 Å². The van der Waals surface area contributed by atoms with Crippen LogP contribution in [0, 0.1) is 6.92 Å². The number of aromatic carboxylic acids is 1. The molecule has 7 nitrogen and oxygen atoms in total. The maximum Gasteiger partial charge on any atom is 0.337 e. The van der Waals surface area contributed by atoms with E-state index < -0.39 is 11.9 Å². The third-order valence-electron chi connectivity index (χ3n) is 3.63. The van der Waals surface area contributed by atoms with E-state index in [-0.39, 0.29) is 11.3 Å². The van der Waals surface area contributed by atoms with Crippen LogP contribution >= 0.6 is 0 Å². The summed E-state index contributed by atoms with van der Waals surface area (Å²) in [5.74, 6) is -1.00. The number of imidazole rings is 1. The number of hydrogen-bond donors (Lipinski definition) is 2. The lowest BCUT2D eigenvalue weighted by Gasteiger charge is -2.09. The van der Waals surface area contributed by atoms with Crippen molar-refractivity contribution >= 4 is 23.2 Å². The van der Waals surface area contributed by atoms with Crippen LogP contribution < -0.4 is 10.1 Å². The zero-order valence-corrected chi connectivity index (χ0v) is 13.1. The number of carboxylic acid groups (broad SMARTS) is 1. The average molecular weight is 325 g/mol. The number of carbonyl (C=O) groups excluding carboxylic acids is 1. The second-order valence-electron chi connectivity index (χ2n) is 5.12. The van der Waals surface area contributed by atoms with E-state index in [1.807, 2.05) is 0 Å². The fraction of sp³-hybridized carbons (Fsp3) is 0.118. The van der Waals surface area contributed by atoms with Crippen molar-refractivity contribution in [2.75, 3.05) is 12.4 Å². The zero-order valence-electron chi connectivity index (χ0n) is 13.1. The molecule has 3 aromatic rings. The fourth-order valence-corrected chi connectivity index (χ4v) is 2.55. The molecule has 0 aliphatic heterocycles. The molecule has 0 saturated heterocycles. The van der Waals surface area contributed by atoms with Gasteiger partial charge in [0.25, 0.3) is 5.91 Å². The third-order valence-corrected chi connectivity index (χ3v) is 3.63. The maximum atomic E-state index is 12.7. The molecule has 122 valence electrons. The highest BCUT2D eigenvalue weighted by atomic mass is 16.5. The van der Waals surface area contributed by atoms with E-state index in [1.54, 1.807) is 47.9 Å². The van der Waals surface area contributed by atoms with E-state index >= 15 is 0 Å². The molecule has 7 heteroatoms. The molecule has 0 saturated carbocycles. The molecule has 0 spiro atoms. The minimum absolute atomic E-state index is 0.0231. The molecule has 2 aromatic heterocycles. The number of fused-ring (bicyclic) bond motifs is 1. The molecular weight excluding hydrogens is 310 g/mol. The van der Waals surface area contributed by atoms with Gasteiger partial charge in [0.2, 0.25) is 0 Å². The highest BCUT2D eigenvalue weighted by Gasteiger charge is 2.20. The minimum atomic E-state index is -1.11. The number of para-hydroxylation sites is 1. The van der Waals surface area contributed by atoms with Crippen molar-refractivity contribution in [3.8, 4) is 5.75 Å². The molecule has 0 radical (unpaired) electrons. The molecule has 1 amide bonds. The quantitative estimate of drug-likeness (QED) is 0.769. The van der Waals surface area contributed by atoms with Crippen molar-refractivity contribution in [1.82, 2.24) is 9.38 Å². The Morgan fingerprint density at radius 3 is 2.67 bits per heavy atom. The molecular formula is C17H15N3O4. The van der Waals surface area contributed by atoms with Gasteiger partial charge >= 0.3 is 5.97 Å². The van der Waals surface area contributed by atoms with Crippen LogP contribution in [0.1, 0.15) is 26.5 Å². The Labute approximate surface area is 137 Å². The maximum absolute atomic E-state index is 12.7. The Kier molecular flexibility index (Phi) is 3.91. The second kappa shape index (κ2) is 6.04. The number of carboxylic acids is 1. The van der Waals surface area contributed by atoms with Crippen molar-refractivity contribution in [3.05, 3.63) is 59.5 Å². The number of hydrogen-bond acceptors (Lipinski definition) is 4. The molecule has 0 fully saturated rings. The third kappa shape index (κ3) is 2.56. The lowest BCUT2D eigenvalue weighted by molar-refractivity contribution is 0.0698. The van der Waals surface area contributed by atoms with Gasteiger partial charge in [0.1, 0.15) is 5.69 Å². The molecule has 0 aliphatic carbocycles. The SMILES string of the molecule is COc1cccn2c(C(=O)Nc3ccccc3C(=O)O)c(C)nc12. The monoisotopic (exact) mass is 325 g/mol. The van der Waals surface area contributed by atoms with Gasteiger partial charge in [-0.25, -0.2) is 9.78 Å². The Balaban J connectivity index is 2.04. The summed E-state index contributed by atoms with van der Waals surface area (Å²) in [4.78, 5) is 28.3. The first-order valence-electron chi connectivity index (χ1n) is 7.18. The topological polar surface area (TPSA) is 92.9 Å². The van der Waals surface area contributed by atoms with Gasteiger partial charge in [0.15, 0.2) is 11.4 Å². The predicted molar refractivity (Wildman–Crippen MR) is 87.8 cm³/mol. The van der Waals surface area contributed by atoms with Gasteiger partial charge in [-0.2, -0.15) is 0 Å². The number of anilines is 1. The van der Waals surface area contributed by atoms with Crippen LogP contribution in [-0.2, 0) is 0 Å². The van der Waals surface area contributed by atoms with Crippen molar-refractivity contribution in [1.29, 1.82) is 0 Å². The number of nitrogens with one attached hydrogen (secondary N) is 1. The minimum Gasteiger partial charge on any atom is -0.493 e. The molecule has 0 unspecified atom stereocenters. The van der Waals surface area contributed by atoms with Crippen molar-refractivity contribution in [3.63, 3.8) is 0 Å². The van der Waals surface area contributed by atoms with E-state index in [0.29, 0.717) is 22.8 Å². The number of amides is 1. The normalized spacial score (nSPS) is 10.6. The van der Waals surface area contributed by atoms with Crippen LogP contribution in [0.3, 0.4) is 0 Å². The lowest BCUT2D eigenvalue weighted by Crippen LogP contribution is -2.17. The van der Waals surface area contributed by atoms with Crippen LogP contribution in [-0.4, -0.2) is 33.5 Å². The van der Waals surface area contributed by atoms with Crippen molar-refractivity contribution in [2.45, 2.75) is 6.92 Å². The van der Waals surface area contributed by atoms with E-state index in [4.69, 9.17) is 4.74 Å². The van der Waals surface area contributed by atoms with Gasteiger partial charge in [-0.3, -0.25) is 9.20 Å². The summed E-state index contributed by atoms with van der Waals surface area (Å²) in [5, 5.41) is 11.9. The number of carbonyl (C=O) groups is 2. The molecule has 3 rings (SSSR count). The molecule has 2 N–H and O–H groups in total. The van der Waals surface area contributed by atoms with Gasteiger partial charge in [0.05, 0.1) is 24.1 Å². The summed E-state index contributed by atoms with van der Waals surface area (Å²) in [6, 6.07) is 9.73. The van der Waals surface area contributed by atoms with Crippen LogP contribution in [0.4, 0.5) is 5.69 Å². The molecule has 0 atom stereocenters. The molecule has 0 bridgehead atoms. The summed E-state index contributed by atoms with van der Waals surface area (Å²) >= 11 is 0. The number of rotatable bonds is 4. The Hall–Kier alpha value is -3.35. The lowest BCUT2D eigenvalue weighted by atomic mass is 10.1. The van der Waals surface area contributed by atoms with Gasteiger partial charge in [-0.15, -0.1) is 0 Å². The number of ether oxygens (including phenoxy) is 1. The number of aryl methyl sites for hydroxylation is 1. The van der Waals surface area contributed by atoms with Crippen molar-refractivity contribution < 1.29 is 19.4 Å². The fourth-order valence-electron chi connectivity index (χ4n) is 2.55. The Bertz CT molecular complexity index is 946. The number of nitrogens with zero attached hydrogens (tertiary/aromatic N) is 2. The molecule has 24 heavy (non-hydrogen) atoms. The molecule has 1 aromatic carbocycles. The van der Waals surface area contributed by atoms with Gasteiger partial charge in [-0.05, 0) is 31.2 Å². The first-order valence-corrected chi connectivity index (χ1v) is 7.18. The van der Waals surface area contributed by atoms with Crippen LogP contribution in [0.15, 0.2) is 42.6 Å². The molecule has 0 aliphatic rings. The highest BCUT2D eigenvalue weighted by Crippen LogP contribution is 2.23. The number of pyridine rings is 1. The summed E-state index contributed by atoms with van der Waals surface area (Å²) in [5.41, 5.74) is 1.62. The zero-order chi connectivity index (χ0) is 17.3. The average Bonchev–Trinajstić information content (AvgIpc) is 2.90. The Morgan fingerprint density at radius 2 is 1.96 bits per heavy atom. The Morgan fingerprint density at radius 1 is 1.21 bits per heavy atom. The largest absolute Gasteiger partial charge is 0.493 e. The molecule has 2 heterocycles. The van der Waals surface area contributed by atoms with Gasteiger partial charge < -0.3 is 15.2 Å². The van der Waals surface area contributed by atoms with E-state index in [0.717, 1.165) is 0 Å². The van der Waals surface area contributed by atoms with E-state index in [9.17, 15) is 14.7 Å². The summed E-state index contributed by atoms with van der Waals surface area (Å²) < 4.78 is 6.87. The second-order valence-corrected chi connectivity index (χ2v) is 5.12. The van der Waals surface area contributed by atoms with Gasteiger partial charge in [0, 0.05) is 6.20 Å². The number of benzene rings is 1. The number of methoxy groups -OCH3 is 1. The first-order chi connectivity index (χ1) is 11.5. The summed E-state index contributed by atoms with van der Waals surface area (Å²) in [7, 11) is 1.53. The van der Waals surface area contributed by atoms with E-state index in [2.05, 4.69) is 10.3 Å². The number of aromatic nitrogens is 2. The predicted octanol–water partition coefficient (Wildman–Crippen LogP) is 2.60.